The summed E-state index contributed by atoms with van der Waals surface area (Å²) >= 11 is 0. The average Bonchev–Trinajstić information content (AvgIpc) is 3.57. The maximum atomic E-state index is 14.3. The van der Waals surface area contributed by atoms with Gasteiger partial charge in [0.15, 0.2) is 5.78 Å². The number of Topliss-reactive ketones (excluding diaryl/α,β-unsaturated/α-hetero) is 1. The van der Waals surface area contributed by atoms with Gasteiger partial charge < -0.3 is 31.1 Å². The fourth-order valence-electron chi connectivity index (χ4n) is 7.70. The molecule has 1 saturated heterocycles. The lowest BCUT2D eigenvalue weighted by atomic mass is 9.77. The van der Waals surface area contributed by atoms with Crippen LogP contribution in [-0.2, 0) is 43.2 Å². The van der Waals surface area contributed by atoms with E-state index in [0.29, 0.717) is 17.5 Å². The highest BCUT2D eigenvalue weighted by atomic mass is 16.4. The van der Waals surface area contributed by atoms with Crippen LogP contribution in [0.25, 0.3) is 0 Å². The quantitative estimate of drug-likeness (QED) is 0.0615. The molecule has 0 saturated carbocycles. The SMILES string of the molecule is O=C(O)CN1CCN(CC(=O)O)CCN(CC(=O)NCC(=O)C[C@H](C(=O)N[C@@H](CCCCN2C(=O)C=CC2=O)C(=O)O)C(c2ccccc2)c2ccccc2)CCN(CC(=O)O)CC1. The molecule has 2 aliphatic rings. The third-order valence-corrected chi connectivity index (χ3v) is 11.0. The lowest BCUT2D eigenvalue weighted by molar-refractivity contribution is -0.143. The molecule has 0 spiro atoms. The molecule has 346 valence electrons. The molecule has 0 bridgehead atoms. The minimum atomic E-state index is -1.36. The molecule has 0 aliphatic carbocycles. The van der Waals surface area contributed by atoms with Gasteiger partial charge in [0.05, 0.1) is 38.6 Å². The number of benzene rings is 2. The second-order valence-electron chi connectivity index (χ2n) is 15.8. The van der Waals surface area contributed by atoms with E-state index in [0.717, 1.165) is 17.1 Å². The minimum Gasteiger partial charge on any atom is -0.480 e. The number of hydrogen-bond acceptors (Lipinski definition) is 13. The first-order valence-corrected chi connectivity index (χ1v) is 21.1. The number of carbonyl (C=O) groups excluding carboxylic acids is 5. The zero-order valence-corrected chi connectivity index (χ0v) is 35.6. The number of carboxylic acids is 4. The van der Waals surface area contributed by atoms with Gasteiger partial charge in [-0.05, 0) is 30.4 Å². The predicted molar refractivity (Wildman–Crippen MR) is 229 cm³/mol. The van der Waals surface area contributed by atoms with Gasteiger partial charge in [0.2, 0.25) is 11.8 Å². The van der Waals surface area contributed by atoms with Crippen LogP contribution < -0.4 is 10.6 Å². The summed E-state index contributed by atoms with van der Waals surface area (Å²) in [4.78, 5) is 120. The summed E-state index contributed by atoms with van der Waals surface area (Å²) in [6, 6.07) is 16.5. The van der Waals surface area contributed by atoms with E-state index in [1.54, 1.807) is 80.3 Å². The smallest absolute Gasteiger partial charge is 0.326 e. The van der Waals surface area contributed by atoms with E-state index in [1.165, 1.54) is 0 Å². The van der Waals surface area contributed by atoms with Crippen LogP contribution in [0.3, 0.4) is 0 Å². The van der Waals surface area contributed by atoms with Crippen molar-refractivity contribution in [1.29, 1.82) is 0 Å². The van der Waals surface area contributed by atoms with Gasteiger partial charge >= 0.3 is 23.9 Å². The first-order valence-electron chi connectivity index (χ1n) is 21.1. The summed E-state index contributed by atoms with van der Waals surface area (Å²) in [5.74, 6) is -9.13. The number of amides is 4. The normalized spacial score (nSPS) is 17.0. The maximum absolute atomic E-state index is 14.3. The molecule has 0 unspecified atom stereocenters. The van der Waals surface area contributed by atoms with Crippen LogP contribution in [-0.4, -0.2) is 196 Å². The molecule has 0 radical (unpaired) electrons. The molecule has 4 amide bonds. The minimum absolute atomic E-state index is 0.0232. The van der Waals surface area contributed by atoms with Crippen LogP contribution in [0.2, 0.25) is 0 Å². The van der Waals surface area contributed by atoms with Crippen molar-refractivity contribution >= 4 is 53.3 Å². The van der Waals surface area contributed by atoms with Crippen LogP contribution in [0, 0.1) is 5.92 Å². The van der Waals surface area contributed by atoms with Gasteiger partial charge in [0.25, 0.3) is 11.8 Å². The Balaban J connectivity index is 1.48. The zero-order chi connectivity index (χ0) is 46.6. The highest BCUT2D eigenvalue weighted by Gasteiger charge is 2.35. The molecular weight excluding hydrogens is 835 g/mol. The van der Waals surface area contributed by atoms with Crippen molar-refractivity contribution in [1.82, 2.24) is 35.1 Å². The molecule has 2 aromatic rings. The zero-order valence-electron chi connectivity index (χ0n) is 35.6. The molecule has 20 heteroatoms. The number of carbonyl (C=O) groups is 9. The molecule has 1 fully saturated rings. The second kappa shape index (κ2) is 25.7. The molecule has 2 aliphatic heterocycles. The first-order chi connectivity index (χ1) is 30.6. The van der Waals surface area contributed by atoms with Gasteiger partial charge in [-0.15, -0.1) is 0 Å². The van der Waals surface area contributed by atoms with E-state index in [1.807, 2.05) is 0 Å². The summed E-state index contributed by atoms with van der Waals surface area (Å²) < 4.78 is 0. The molecule has 2 atom stereocenters. The van der Waals surface area contributed by atoms with Gasteiger partial charge in [0.1, 0.15) is 6.04 Å². The van der Waals surface area contributed by atoms with Gasteiger partial charge in [-0.1, -0.05) is 60.7 Å². The van der Waals surface area contributed by atoms with Gasteiger partial charge in [-0.25, -0.2) is 4.79 Å². The number of rotatable bonds is 23. The van der Waals surface area contributed by atoms with Crippen LogP contribution in [0.5, 0.6) is 0 Å². The number of carboxylic acid groups (broad SMARTS) is 4. The van der Waals surface area contributed by atoms with E-state index in [2.05, 4.69) is 10.6 Å². The Morgan fingerprint density at radius 3 is 1.41 bits per heavy atom. The van der Waals surface area contributed by atoms with Gasteiger partial charge in [0, 0.05) is 83.4 Å². The largest absolute Gasteiger partial charge is 0.480 e. The van der Waals surface area contributed by atoms with Crippen molar-refractivity contribution < 1.29 is 63.6 Å². The summed E-state index contributed by atoms with van der Waals surface area (Å²) in [6.45, 7) is -0.0829. The third-order valence-electron chi connectivity index (χ3n) is 11.0. The molecule has 64 heavy (non-hydrogen) atoms. The number of ketones is 1. The Morgan fingerprint density at radius 1 is 0.578 bits per heavy atom. The topological polar surface area (TPSA) is 275 Å². The van der Waals surface area contributed by atoms with Crippen molar-refractivity contribution in [2.45, 2.75) is 37.6 Å². The number of nitrogens with one attached hydrogen (secondary N) is 2. The first kappa shape index (κ1) is 50.3. The van der Waals surface area contributed by atoms with E-state index < -0.39 is 84.1 Å². The predicted octanol–water partition coefficient (Wildman–Crippen LogP) is -0.350. The standard InChI is InChI=1S/C44H57N7O13/c52-33(26-45-36(53)27-47-17-19-48(28-39(56)57)21-23-50(30-41(60)61)24-22-49(20-18-47)29-40(58)59)25-34(42(31-9-3-1-4-10-31)32-11-5-2-6-12-32)43(62)46-35(44(63)64)13-7-8-16-51-37(54)14-15-38(51)55/h1-6,9-12,14-15,34-35,42H,7-8,13,16-30H2,(H,45,53)(H,46,62)(H,56,57)(H,58,59)(H,60,61)(H,63,64)/t34-,35-/m0/s1. The molecular formula is C44H57N7O13. The summed E-state index contributed by atoms with van der Waals surface area (Å²) in [5.41, 5.74) is 1.37. The van der Waals surface area contributed by atoms with Crippen LogP contribution >= 0.6 is 0 Å². The Bertz CT molecular complexity index is 1890. The van der Waals surface area contributed by atoms with Crippen molar-refractivity contribution in [3.8, 4) is 0 Å². The molecule has 4 rings (SSSR count). The monoisotopic (exact) mass is 891 g/mol. The summed E-state index contributed by atoms with van der Waals surface area (Å²) in [5, 5.41) is 43.9. The fraction of sp³-hybridized carbons (Fsp3) is 0.477. The Kier molecular flexibility index (Phi) is 20.2. The third kappa shape index (κ3) is 17.1. The van der Waals surface area contributed by atoms with Crippen LogP contribution in [0.4, 0.5) is 0 Å². The number of nitrogens with zero attached hydrogens (tertiary/aromatic N) is 5. The highest BCUT2D eigenvalue weighted by Crippen LogP contribution is 2.35. The molecule has 6 N–H and O–H groups in total. The Morgan fingerprint density at radius 2 is 1.00 bits per heavy atom. The summed E-state index contributed by atoms with van der Waals surface area (Å²) in [7, 11) is 0. The highest BCUT2D eigenvalue weighted by molar-refractivity contribution is 6.12. The number of unbranched alkanes of at least 4 members (excludes halogenated alkanes) is 1. The molecule has 2 aromatic carbocycles. The molecule has 2 heterocycles. The van der Waals surface area contributed by atoms with Gasteiger partial charge in [-0.3, -0.25) is 62.9 Å². The van der Waals surface area contributed by atoms with Crippen molar-refractivity contribution in [2.24, 2.45) is 5.92 Å². The Labute approximate surface area is 370 Å². The lowest BCUT2D eigenvalue weighted by Gasteiger charge is -2.32. The number of imide groups is 1. The van der Waals surface area contributed by atoms with Crippen LogP contribution in [0.1, 0.15) is 42.7 Å². The van der Waals surface area contributed by atoms with Crippen molar-refractivity contribution in [3.05, 3.63) is 83.9 Å². The second-order valence-corrected chi connectivity index (χ2v) is 15.8. The van der Waals surface area contributed by atoms with Crippen LogP contribution in [0.15, 0.2) is 72.8 Å². The summed E-state index contributed by atoms with van der Waals surface area (Å²) in [6.07, 6.45) is 2.45. The fourth-order valence-corrected chi connectivity index (χ4v) is 7.70. The Hall–Kier alpha value is -6.35. The van der Waals surface area contributed by atoms with E-state index in [4.69, 9.17) is 0 Å². The number of aliphatic carboxylic acids is 4. The van der Waals surface area contributed by atoms with Crippen molar-refractivity contribution in [2.75, 3.05) is 91.6 Å². The molecule has 0 aromatic heterocycles. The van der Waals surface area contributed by atoms with Gasteiger partial charge in [-0.2, -0.15) is 0 Å². The number of hydrogen-bond donors (Lipinski definition) is 6. The van der Waals surface area contributed by atoms with E-state index in [-0.39, 0.29) is 97.9 Å². The average molecular weight is 892 g/mol. The van der Waals surface area contributed by atoms with E-state index in [9.17, 15) is 63.6 Å². The van der Waals surface area contributed by atoms with Crippen molar-refractivity contribution in [3.63, 3.8) is 0 Å². The van der Waals surface area contributed by atoms with E-state index >= 15 is 0 Å². The maximum Gasteiger partial charge on any atom is 0.326 e. The lowest BCUT2D eigenvalue weighted by Crippen LogP contribution is -2.50. The molecule has 20 nitrogen and oxygen atoms in total.